The van der Waals surface area contributed by atoms with Gasteiger partial charge in [-0.05, 0) is 0 Å². The number of pyridine rings is 1. The molecule has 0 atom stereocenters. The first-order chi connectivity index (χ1) is 7.10. The number of carbonyl (C=O) groups excluding carboxylic acids is 2. The zero-order chi connectivity index (χ0) is 11.4. The van der Waals surface area contributed by atoms with Crippen LogP contribution < -0.4 is 10.0 Å². The molecule has 80 valence electrons. The second kappa shape index (κ2) is 4.41. The van der Waals surface area contributed by atoms with Crippen molar-refractivity contribution >= 4 is 11.9 Å². The largest absolute Gasteiger partial charge is 0.618 e. The fraction of sp³-hybridized carbons (Fsp3) is 0.222. The highest BCUT2D eigenvalue weighted by atomic mass is 16.5. The van der Waals surface area contributed by atoms with Gasteiger partial charge in [0.1, 0.15) is 0 Å². The van der Waals surface area contributed by atoms with Crippen molar-refractivity contribution in [2.24, 2.45) is 0 Å². The Balaban J connectivity index is 3.16. The van der Waals surface area contributed by atoms with Gasteiger partial charge in [-0.3, -0.25) is 4.79 Å². The number of methoxy groups -OCH3 is 1. The molecule has 0 radical (unpaired) electrons. The lowest BCUT2D eigenvalue weighted by atomic mass is 10.2. The maximum atomic E-state index is 11.2. The molecule has 1 rings (SSSR count). The molecule has 0 aromatic carbocycles. The normalized spacial score (nSPS) is 9.47. The SMILES string of the molecule is CNC(=O)c1cc(C(=O)OC)cc[n+]1[O-]. The lowest BCUT2D eigenvalue weighted by Crippen LogP contribution is -2.38. The Labute approximate surface area is 86.1 Å². The van der Waals surface area contributed by atoms with E-state index in [-0.39, 0.29) is 11.3 Å². The van der Waals surface area contributed by atoms with Crippen molar-refractivity contribution in [1.82, 2.24) is 5.32 Å². The van der Waals surface area contributed by atoms with Gasteiger partial charge in [-0.1, -0.05) is 0 Å². The quantitative estimate of drug-likeness (QED) is 0.404. The summed E-state index contributed by atoms with van der Waals surface area (Å²) in [4.78, 5) is 22.3. The molecule has 0 aliphatic rings. The molecule has 0 saturated carbocycles. The van der Waals surface area contributed by atoms with E-state index in [2.05, 4.69) is 10.1 Å². The Kier molecular flexibility index (Phi) is 3.22. The highest BCUT2D eigenvalue weighted by molar-refractivity contribution is 5.95. The van der Waals surface area contributed by atoms with Crippen LogP contribution in [0.3, 0.4) is 0 Å². The minimum absolute atomic E-state index is 0.152. The highest BCUT2D eigenvalue weighted by Crippen LogP contribution is 2.01. The van der Waals surface area contributed by atoms with E-state index in [4.69, 9.17) is 0 Å². The molecule has 1 aromatic heterocycles. The third kappa shape index (κ3) is 2.22. The summed E-state index contributed by atoms with van der Waals surface area (Å²) in [6.07, 6.45) is 1.08. The van der Waals surface area contributed by atoms with Crippen LogP contribution in [0.5, 0.6) is 0 Å². The fourth-order valence-corrected chi connectivity index (χ4v) is 1.03. The van der Waals surface area contributed by atoms with Crippen LogP contribution in [0, 0.1) is 5.21 Å². The molecule has 15 heavy (non-hydrogen) atoms. The van der Waals surface area contributed by atoms with E-state index in [0.717, 1.165) is 6.20 Å². The Hall–Kier alpha value is -2.11. The number of carbonyl (C=O) groups is 2. The minimum atomic E-state index is -0.597. The van der Waals surface area contributed by atoms with Crippen molar-refractivity contribution in [3.05, 3.63) is 34.8 Å². The Morgan fingerprint density at radius 2 is 2.20 bits per heavy atom. The lowest BCUT2D eigenvalue weighted by Gasteiger charge is -2.04. The van der Waals surface area contributed by atoms with Gasteiger partial charge in [0.15, 0.2) is 6.20 Å². The van der Waals surface area contributed by atoms with Crippen LogP contribution in [-0.4, -0.2) is 26.0 Å². The molecule has 0 fully saturated rings. The van der Waals surface area contributed by atoms with E-state index < -0.39 is 11.9 Å². The van der Waals surface area contributed by atoms with Crippen molar-refractivity contribution in [2.45, 2.75) is 0 Å². The minimum Gasteiger partial charge on any atom is -0.618 e. The average molecular weight is 210 g/mol. The molecule has 1 heterocycles. The summed E-state index contributed by atoms with van der Waals surface area (Å²) in [6.45, 7) is 0. The second-order valence-corrected chi connectivity index (χ2v) is 2.70. The van der Waals surface area contributed by atoms with Crippen molar-refractivity contribution in [2.75, 3.05) is 14.2 Å². The summed E-state index contributed by atoms with van der Waals surface area (Å²) in [5.74, 6) is -1.16. The first kappa shape index (κ1) is 11.0. The average Bonchev–Trinajstić information content (AvgIpc) is 2.27. The van der Waals surface area contributed by atoms with Crippen LogP contribution >= 0.6 is 0 Å². The monoisotopic (exact) mass is 210 g/mol. The molecule has 0 bridgehead atoms. The topological polar surface area (TPSA) is 82.3 Å². The van der Waals surface area contributed by atoms with Crippen LogP contribution in [0.25, 0.3) is 0 Å². The van der Waals surface area contributed by atoms with Crippen molar-refractivity contribution in [1.29, 1.82) is 0 Å². The predicted molar refractivity (Wildman–Crippen MR) is 50.1 cm³/mol. The van der Waals surface area contributed by atoms with Gasteiger partial charge in [0.25, 0.3) is 5.69 Å². The zero-order valence-corrected chi connectivity index (χ0v) is 8.31. The Morgan fingerprint density at radius 1 is 1.53 bits per heavy atom. The maximum absolute atomic E-state index is 11.2. The Bertz CT molecular complexity index is 403. The van der Waals surface area contributed by atoms with Gasteiger partial charge >= 0.3 is 11.9 Å². The molecule has 0 aliphatic heterocycles. The number of ether oxygens (including phenoxy) is 1. The summed E-state index contributed by atoms with van der Waals surface area (Å²) >= 11 is 0. The fourth-order valence-electron chi connectivity index (χ4n) is 1.03. The molecule has 1 aromatic rings. The number of esters is 1. The summed E-state index contributed by atoms with van der Waals surface area (Å²) in [5, 5.41) is 13.5. The van der Waals surface area contributed by atoms with Crippen LogP contribution in [0.15, 0.2) is 18.3 Å². The number of amides is 1. The molecule has 0 unspecified atom stereocenters. The van der Waals surface area contributed by atoms with Crippen LogP contribution in [-0.2, 0) is 4.74 Å². The van der Waals surface area contributed by atoms with Crippen molar-refractivity contribution in [3.63, 3.8) is 0 Å². The predicted octanol–water partition coefficient (Wildman–Crippen LogP) is -0.534. The van der Waals surface area contributed by atoms with E-state index in [1.807, 2.05) is 0 Å². The van der Waals surface area contributed by atoms with Gasteiger partial charge < -0.3 is 15.3 Å². The summed E-state index contributed by atoms with van der Waals surface area (Å²) in [6, 6.07) is 2.46. The second-order valence-electron chi connectivity index (χ2n) is 2.70. The van der Waals surface area contributed by atoms with Crippen LogP contribution in [0.1, 0.15) is 20.8 Å². The van der Waals surface area contributed by atoms with Crippen molar-refractivity contribution < 1.29 is 19.1 Å². The van der Waals surface area contributed by atoms with Gasteiger partial charge in [0.05, 0.1) is 12.7 Å². The van der Waals surface area contributed by atoms with Gasteiger partial charge in [0.2, 0.25) is 0 Å². The zero-order valence-electron chi connectivity index (χ0n) is 8.31. The Morgan fingerprint density at radius 3 is 2.73 bits per heavy atom. The number of aromatic nitrogens is 1. The standard InChI is InChI=1S/C9H10N2O4/c1-10-8(12)7-5-6(9(13)15-2)3-4-11(7)14/h3-5H,1-2H3,(H,10,12). The first-order valence-corrected chi connectivity index (χ1v) is 4.13. The molecule has 6 heteroatoms. The van der Waals surface area contributed by atoms with E-state index in [9.17, 15) is 14.8 Å². The number of hydrogen-bond donors (Lipinski definition) is 1. The number of nitrogens with zero attached hydrogens (tertiary/aromatic N) is 1. The van der Waals surface area contributed by atoms with Crippen molar-refractivity contribution in [3.8, 4) is 0 Å². The summed E-state index contributed by atoms with van der Waals surface area (Å²) in [5.41, 5.74) is 0.00333. The van der Waals surface area contributed by atoms with Gasteiger partial charge in [-0.15, -0.1) is 0 Å². The van der Waals surface area contributed by atoms with Gasteiger partial charge in [-0.2, -0.15) is 4.73 Å². The van der Waals surface area contributed by atoms with E-state index in [0.29, 0.717) is 4.73 Å². The maximum Gasteiger partial charge on any atom is 0.338 e. The van der Waals surface area contributed by atoms with Crippen LogP contribution in [0.2, 0.25) is 0 Å². The molecule has 0 spiro atoms. The molecular formula is C9H10N2O4. The summed E-state index contributed by atoms with van der Waals surface area (Å²) in [7, 11) is 2.62. The van der Waals surface area contributed by atoms with Gasteiger partial charge in [-0.25, -0.2) is 4.79 Å². The molecule has 1 amide bonds. The lowest BCUT2D eigenvalue weighted by molar-refractivity contribution is -0.607. The third-order valence-corrected chi connectivity index (χ3v) is 1.80. The van der Waals surface area contributed by atoms with Crippen LogP contribution in [0.4, 0.5) is 0 Å². The summed E-state index contributed by atoms with van der Waals surface area (Å²) < 4.78 is 4.84. The third-order valence-electron chi connectivity index (χ3n) is 1.80. The smallest absolute Gasteiger partial charge is 0.338 e. The molecule has 0 saturated heterocycles. The first-order valence-electron chi connectivity index (χ1n) is 4.13. The van der Waals surface area contributed by atoms with E-state index >= 15 is 0 Å². The molecule has 1 N–H and O–H groups in total. The van der Waals surface area contributed by atoms with E-state index in [1.54, 1.807) is 0 Å². The molecular weight excluding hydrogens is 200 g/mol. The van der Waals surface area contributed by atoms with E-state index in [1.165, 1.54) is 26.3 Å². The number of nitrogens with one attached hydrogen (secondary N) is 1. The molecule has 0 aliphatic carbocycles. The number of rotatable bonds is 2. The highest BCUT2D eigenvalue weighted by Gasteiger charge is 2.17. The number of hydrogen-bond acceptors (Lipinski definition) is 4. The van der Waals surface area contributed by atoms with Gasteiger partial charge in [0, 0.05) is 19.2 Å². The molecule has 6 nitrogen and oxygen atoms in total.